The molecule has 3 fully saturated rings. The van der Waals surface area contributed by atoms with Gasteiger partial charge in [-0.1, -0.05) is 6.07 Å². The van der Waals surface area contributed by atoms with Crippen LogP contribution < -0.4 is 0 Å². The normalized spacial score (nSPS) is 23.7. The summed E-state index contributed by atoms with van der Waals surface area (Å²) in [4.78, 5) is 19.8. The summed E-state index contributed by atoms with van der Waals surface area (Å²) in [5.41, 5.74) is -3.48. The van der Waals surface area contributed by atoms with E-state index in [1.165, 1.54) is 11.0 Å². The van der Waals surface area contributed by atoms with Crippen LogP contribution in [-0.2, 0) is 18.8 Å². The van der Waals surface area contributed by atoms with Crippen LogP contribution in [0.25, 0.3) is 0 Å². The highest BCUT2D eigenvalue weighted by atomic mass is 27.1. The van der Waals surface area contributed by atoms with Crippen molar-refractivity contribution < 1.29 is 39.9 Å². The average Bonchev–Trinajstić information content (AvgIpc) is 2.98. The Hall–Kier alpha value is -2.24. The third-order valence-electron chi connectivity index (χ3n) is 9.12. The maximum atomic E-state index is 14.1. The van der Waals surface area contributed by atoms with Gasteiger partial charge in [0.25, 0.3) is 22.4 Å². The summed E-state index contributed by atoms with van der Waals surface area (Å²) in [6.45, 7) is 5.47. The van der Waals surface area contributed by atoms with Crippen molar-refractivity contribution in [3.05, 3.63) is 70.3 Å². The Morgan fingerprint density at radius 2 is 1.27 bits per heavy atom. The zero-order chi connectivity index (χ0) is 31.8. The Kier molecular flexibility index (Phi) is 9.97. The summed E-state index contributed by atoms with van der Waals surface area (Å²) in [6, 6.07) is 4.09. The average molecular weight is 645 g/mol. The minimum Gasteiger partial charge on any atom is -0.402 e. The lowest BCUT2D eigenvalue weighted by molar-refractivity contribution is -0.143. The molecule has 3 aliphatic rings. The molecule has 0 spiro atoms. The molecule has 2 atom stereocenters. The molecular formula is C30H33AlF8N4O. The van der Waals surface area contributed by atoms with Gasteiger partial charge in [0.1, 0.15) is 0 Å². The first-order valence-electron chi connectivity index (χ1n) is 14.7. The van der Waals surface area contributed by atoms with Crippen LogP contribution in [0.5, 0.6) is 0 Å². The summed E-state index contributed by atoms with van der Waals surface area (Å²) in [7, 11) is 0. The van der Waals surface area contributed by atoms with Gasteiger partial charge in [-0.15, -0.1) is 0 Å². The van der Waals surface area contributed by atoms with Gasteiger partial charge >= 0.3 is 12.4 Å². The molecule has 0 saturated carbocycles. The Morgan fingerprint density at radius 1 is 0.727 bits per heavy atom. The molecule has 0 aromatic heterocycles. The van der Waals surface area contributed by atoms with E-state index < -0.39 is 52.6 Å². The molecule has 238 valence electrons. The molecular weight excluding hydrogens is 611 g/mol. The van der Waals surface area contributed by atoms with E-state index in [2.05, 4.69) is 30.2 Å². The van der Waals surface area contributed by atoms with Crippen LogP contribution in [0.3, 0.4) is 0 Å². The van der Waals surface area contributed by atoms with Crippen molar-refractivity contribution in [1.29, 1.82) is 0 Å². The smallest absolute Gasteiger partial charge is 0.402 e. The van der Waals surface area contributed by atoms with Gasteiger partial charge in [-0.2, -0.15) is 26.3 Å². The predicted molar refractivity (Wildman–Crippen MR) is 148 cm³/mol. The van der Waals surface area contributed by atoms with Gasteiger partial charge in [0, 0.05) is 56.4 Å². The number of rotatable bonds is 5. The van der Waals surface area contributed by atoms with E-state index >= 15 is 0 Å². The minimum atomic E-state index is -5.09. The van der Waals surface area contributed by atoms with Gasteiger partial charge in [0.05, 0.1) is 11.1 Å². The lowest BCUT2D eigenvalue weighted by Gasteiger charge is -2.48. The van der Waals surface area contributed by atoms with Crippen LogP contribution in [0, 0.1) is 11.6 Å². The number of benzene rings is 2. The van der Waals surface area contributed by atoms with Gasteiger partial charge in [-0.3, -0.25) is 14.6 Å². The number of likely N-dealkylation sites (tertiary alicyclic amines) is 1. The third-order valence-corrected chi connectivity index (χ3v) is 9.64. The highest BCUT2D eigenvalue weighted by molar-refractivity contribution is 6.04. The van der Waals surface area contributed by atoms with Crippen molar-refractivity contribution in [2.45, 2.75) is 62.6 Å². The van der Waals surface area contributed by atoms with Gasteiger partial charge in [-0.05, 0) is 81.1 Å². The number of nitrogens with zero attached hydrogens (tertiary/aromatic N) is 4. The second kappa shape index (κ2) is 13.2. The molecule has 3 heterocycles. The van der Waals surface area contributed by atoms with E-state index in [1.807, 2.05) is 0 Å². The fourth-order valence-electron chi connectivity index (χ4n) is 6.72. The monoisotopic (exact) mass is 644 g/mol. The van der Waals surface area contributed by atoms with Gasteiger partial charge in [0.2, 0.25) is 0 Å². The van der Waals surface area contributed by atoms with E-state index in [4.69, 9.17) is 0 Å². The number of carbonyl (C=O) groups excluding carboxylic acids is 1. The van der Waals surface area contributed by atoms with Crippen molar-refractivity contribution >= 4 is 22.4 Å². The van der Waals surface area contributed by atoms with Crippen molar-refractivity contribution in [1.82, 2.24) is 18.6 Å². The highest BCUT2D eigenvalue weighted by Crippen LogP contribution is 2.37. The first kappa shape index (κ1) is 33.1. The molecule has 3 saturated heterocycles. The number of piperidine rings is 2. The lowest BCUT2D eigenvalue weighted by atomic mass is 9.89. The molecule has 2 aromatic rings. The predicted octanol–water partition coefficient (Wildman–Crippen LogP) is 5.38. The highest BCUT2D eigenvalue weighted by Gasteiger charge is 2.40. The molecule has 0 aliphatic carbocycles. The minimum absolute atomic E-state index is 0.00796. The summed E-state index contributed by atoms with van der Waals surface area (Å²) >= 11 is 2.74. The summed E-state index contributed by atoms with van der Waals surface area (Å²) in [6.07, 6.45) is -7.07. The summed E-state index contributed by atoms with van der Waals surface area (Å²) < 4.78 is 111. The Labute approximate surface area is 259 Å². The summed E-state index contributed by atoms with van der Waals surface area (Å²) in [5.74, 6) is -3.09. The van der Waals surface area contributed by atoms with Gasteiger partial charge < -0.3 is 8.78 Å². The van der Waals surface area contributed by atoms with Crippen LogP contribution in [0.1, 0.15) is 52.7 Å². The molecule has 2 radical (unpaired) electrons. The number of alkyl halides is 6. The van der Waals surface area contributed by atoms with Gasteiger partial charge in [0.15, 0.2) is 11.6 Å². The molecule has 5 rings (SSSR count). The molecule has 5 nitrogen and oxygen atoms in total. The van der Waals surface area contributed by atoms with E-state index in [9.17, 15) is 39.9 Å². The quantitative estimate of drug-likeness (QED) is 0.323. The largest absolute Gasteiger partial charge is 0.416 e. The molecule has 1 amide bonds. The fourth-order valence-corrected chi connectivity index (χ4v) is 7.02. The number of halogens is 8. The van der Waals surface area contributed by atoms with Crippen LogP contribution in [0.4, 0.5) is 35.1 Å². The number of hydrogen-bond acceptors (Lipinski definition) is 4. The lowest BCUT2D eigenvalue weighted by Crippen LogP contribution is -2.58. The first-order chi connectivity index (χ1) is 20.7. The number of carbonyl (C=O) groups is 1. The number of piperazine rings is 1. The Morgan fingerprint density at radius 3 is 1.82 bits per heavy atom. The maximum absolute atomic E-state index is 14.1. The standard InChI is InChI=1S/C30H33F8N4O.Al/c31-26-2-1-19(14-27(26)32)13-25-18-24(41-11-9-40(10-12-41)23-3-6-39-7-4-23)5-8-42(25)28(43)20-15-21(29(33,34)35)17-22(16-20)30(36,37)38;/h1-2,14-17,23-25H,3-13,18H2;/q-1;+1. The maximum Gasteiger partial charge on any atom is 0.416 e. The van der Waals surface area contributed by atoms with Crippen LogP contribution in [0.15, 0.2) is 36.4 Å². The number of hydrogen-bond donors (Lipinski definition) is 0. The van der Waals surface area contributed by atoms with Gasteiger partial charge in [-0.25, -0.2) is 8.78 Å². The first-order valence-corrected chi connectivity index (χ1v) is 15.2. The molecule has 0 N–H and O–H groups in total. The Bertz CT molecular complexity index is 1290. The van der Waals surface area contributed by atoms with Crippen LogP contribution >= 0.6 is 0 Å². The molecule has 44 heavy (non-hydrogen) atoms. The zero-order valence-electron chi connectivity index (χ0n) is 24.0. The second-order valence-corrected chi connectivity index (χ2v) is 12.6. The third kappa shape index (κ3) is 7.76. The molecule has 0 bridgehead atoms. The second-order valence-electron chi connectivity index (χ2n) is 11.9. The van der Waals surface area contributed by atoms with Crippen molar-refractivity contribution in [2.24, 2.45) is 0 Å². The van der Waals surface area contributed by atoms with Crippen molar-refractivity contribution in [3.63, 3.8) is 0 Å². The number of amides is 1. The van der Waals surface area contributed by atoms with E-state index in [-0.39, 0.29) is 25.1 Å². The van der Waals surface area contributed by atoms with E-state index in [0.717, 1.165) is 64.2 Å². The Balaban J connectivity index is 1.36. The zero-order valence-corrected chi connectivity index (χ0v) is 25.1. The van der Waals surface area contributed by atoms with Crippen LogP contribution in [0.2, 0.25) is 0 Å². The van der Waals surface area contributed by atoms with Crippen molar-refractivity contribution in [3.8, 4) is 0 Å². The molecule has 2 aromatic carbocycles. The molecule has 14 heteroatoms. The molecule has 2 unspecified atom stereocenters. The summed E-state index contributed by atoms with van der Waals surface area (Å²) in [5, 5.41) is 0. The SMILES string of the molecule is O=C(c1cc(C(F)(F)F)cc(C(F)(F)F)c1)N1CCC(N2CCN(C3CC[N]([Al])CC3)CC2)CC1Cc1ccc(F)c(F)c1. The fraction of sp³-hybridized carbons (Fsp3) is 0.567. The topological polar surface area (TPSA) is 30.0 Å². The van der Waals surface area contributed by atoms with Crippen LogP contribution in [-0.4, -0.2) is 105 Å². The van der Waals surface area contributed by atoms with E-state index in [1.54, 1.807) is 0 Å². The molecule has 3 aliphatic heterocycles. The van der Waals surface area contributed by atoms with E-state index in [0.29, 0.717) is 36.6 Å². The van der Waals surface area contributed by atoms with Crippen molar-refractivity contribution in [2.75, 3.05) is 45.8 Å².